The highest BCUT2D eigenvalue weighted by Gasteiger charge is 2.10. The van der Waals surface area contributed by atoms with Crippen LogP contribution >= 0.6 is 11.6 Å². The smallest absolute Gasteiger partial charge is 0.253 e. The molecule has 0 saturated carbocycles. The summed E-state index contributed by atoms with van der Waals surface area (Å²) in [6.45, 7) is 0.115. The van der Waals surface area contributed by atoms with Gasteiger partial charge in [0.05, 0.1) is 10.6 Å². The molecule has 0 atom stereocenters. The van der Waals surface area contributed by atoms with E-state index in [4.69, 9.17) is 11.6 Å². The van der Waals surface area contributed by atoms with Crippen molar-refractivity contribution < 1.29 is 9.18 Å². The topological polar surface area (TPSA) is 42.0 Å². The van der Waals surface area contributed by atoms with E-state index in [1.54, 1.807) is 18.2 Å². The van der Waals surface area contributed by atoms with Gasteiger partial charge >= 0.3 is 0 Å². The second kappa shape index (κ2) is 5.60. The molecule has 92 valence electrons. The lowest BCUT2D eigenvalue weighted by Crippen LogP contribution is -2.23. The van der Waals surface area contributed by atoms with Gasteiger partial charge < -0.3 is 5.32 Å². The van der Waals surface area contributed by atoms with E-state index in [1.165, 1.54) is 24.5 Å². The molecule has 2 rings (SSSR count). The number of carbonyl (C=O) groups is 1. The second-order valence-corrected chi connectivity index (χ2v) is 4.04. The number of hydrogen-bond donors (Lipinski definition) is 1. The Morgan fingerprint density at radius 2 is 2.11 bits per heavy atom. The first-order chi connectivity index (χ1) is 8.68. The Morgan fingerprint density at radius 1 is 1.33 bits per heavy atom. The largest absolute Gasteiger partial charge is 0.348 e. The molecule has 5 heteroatoms. The lowest BCUT2D eigenvalue weighted by Gasteiger charge is -2.07. The summed E-state index contributed by atoms with van der Waals surface area (Å²) < 4.78 is 13.3. The predicted molar refractivity (Wildman–Crippen MR) is 66.8 cm³/mol. The summed E-state index contributed by atoms with van der Waals surface area (Å²) in [4.78, 5) is 15.6. The SMILES string of the molecule is O=C(NCc1ccccc1F)c1ccncc1Cl. The molecule has 1 amide bonds. The van der Waals surface area contributed by atoms with Gasteiger partial charge in [-0.05, 0) is 12.1 Å². The minimum atomic E-state index is -0.356. The van der Waals surface area contributed by atoms with Crippen molar-refractivity contribution in [2.24, 2.45) is 0 Å². The first-order valence-corrected chi connectivity index (χ1v) is 5.67. The van der Waals surface area contributed by atoms with E-state index in [1.807, 2.05) is 0 Å². The van der Waals surface area contributed by atoms with Crippen LogP contribution in [0.1, 0.15) is 15.9 Å². The van der Waals surface area contributed by atoms with Gasteiger partial charge in [0.1, 0.15) is 5.82 Å². The number of halogens is 2. The van der Waals surface area contributed by atoms with E-state index in [0.29, 0.717) is 11.1 Å². The van der Waals surface area contributed by atoms with Gasteiger partial charge in [0, 0.05) is 24.5 Å². The zero-order valence-electron chi connectivity index (χ0n) is 9.36. The van der Waals surface area contributed by atoms with E-state index < -0.39 is 0 Å². The van der Waals surface area contributed by atoms with E-state index in [2.05, 4.69) is 10.3 Å². The molecular formula is C13H10ClFN2O. The lowest BCUT2D eigenvalue weighted by molar-refractivity contribution is 0.0950. The molecule has 0 radical (unpaired) electrons. The van der Waals surface area contributed by atoms with Gasteiger partial charge in [0.15, 0.2) is 0 Å². The monoisotopic (exact) mass is 264 g/mol. The minimum Gasteiger partial charge on any atom is -0.348 e. The van der Waals surface area contributed by atoms with Crippen LogP contribution in [0, 0.1) is 5.82 Å². The molecule has 18 heavy (non-hydrogen) atoms. The van der Waals surface area contributed by atoms with Crippen LogP contribution in [0.3, 0.4) is 0 Å². The molecule has 0 saturated heterocycles. The predicted octanol–water partition coefficient (Wildman–Crippen LogP) is 2.80. The van der Waals surface area contributed by atoms with Gasteiger partial charge in [-0.25, -0.2) is 4.39 Å². The minimum absolute atomic E-state index is 0.115. The average Bonchev–Trinajstić information content (AvgIpc) is 2.38. The van der Waals surface area contributed by atoms with Crippen molar-refractivity contribution in [1.82, 2.24) is 10.3 Å². The van der Waals surface area contributed by atoms with Crippen LogP contribution in [0.5, 0.6) is 0 Å². The summed E-state index contributed by atoms with van der Waals surface area (Å²) in [7, 11) is 0. The van der Waals surface area contributed by atoms with E-state index in [9.17, 15) is 9.18 Å². The van der Waals surface area contributed by atoms with Crippen molar-refractivity contribution in [1.29, 1.82) is 0 Å². The van der Waals surface area contributed by atoms with Gasteiger partial charge in [0.25, 0.3) is 5.91 Å². The fraction of sp³-hybridized carbons (Fsp3) is 0.0769. The Balaban J connectivity index is 2.06. The molecular weight excluding hydrogens is 255 g/mol. The van der Waals surface area contributed by atoms with Crippen LogP contribution in [-0.4, -0.2) is 10.9 Å². The van der Waals surface area contributed by atoms with Crippen molar-refractivity contribution >= 4 is 17.5 Å². The third-order valence-electron chi connectivity index (χ3n) is 2.41. The van der Waals surface area contributed by atoms with Crippen molar-refractivity contribution in [3.05, 3.63) is 64.7 Å². The number of carbonyl (C=O) groups excluding carboxylic acids is 1. The van der Waals surface area contributed by atoms with E-state index >= 15 is 0 Å². The van der Waals surface area contributed by atoms with Gasteiger partial charge in [-0.1, -0.05) is 29.8 Å². The molecule has 0 unspecified atom stereocenters. The molecule has 1 aromatic carbocycles. The molecule has 1 aromatic heterocycles. The van der Waals surface area contributed by atoms with Crippen LogP contribution in [0.4, 0.5) is 4.39 Å². The number of amides is 1. The standard InChI is InChI=1S/C13H10ClFN2O/c14-11-8-16-6-5-10(11)13(18)17-7-9-3-1-2-4-12(9)15/h1-6,8H,7H2,(H,17,18). The molecule has 3 nitrogen and oxygen atoms in total. The average molecular weight is 265 g/mol. The van der Waals surface area contributed by atoms with Crippen molar-refractivity contribution in [2.75, 3.05) is 0 Å². The van der Waals surface area contributed by atoms with E-state index in [-0.39, 0.29) is 23.3 Å². The van der Waals surface area contributed by atoms with Crippen LogP contribution < -0.4 is 5.32 Å². The highest BCUT2D eigenvalue weighted by molar-refractivity contribution is 6.33. The lowest BCUT2D eigenvalue weighted by atomic mass is 10.2. The maximum absolute atomic E-state index is 13.3. The first kappa shape index (κ1) is 12.5. The highest BCUT2D eigenvalue weighted by atomic mass is 35.5. The van der Waals surface area contributed by atoms with Crippen molar-refractivity contribution in [2.45, 2.75) is 6.54 Å². The Hall–Kier alpha value is -1.94. The van der Waals surface area contributed by atoms with E-state index in [0.717, 1.165) is 0 Å². The normalized spacial score (nSPS) is 10.1. The van der Waals surface area contributed by atoms with Gasteiger partial charge in [-0.15, -0.1) is 0 Å². The Morgan fingerprint density at radius 3 is 2.83 bits per heavy atom. The fourth-order valence-corrected chi connectivity index (χ4v) is 1.68. The molecule has 0 aliphatic heterocycles. The third-order valence-corrected chi connectivity index (χ3v) is 2.72. The second-order valence-electron chi connectivity index (χ2n) is 3.63. The maximum atomic E-state index is 13.3. The van der Waals surface area contributed by atoms with Crippen LogP contribution in [0.25, 0.3) is 0 Å². The molecule has 0 bridgehead atoms. The molecule has 1 N–H and O–H groups in total. The number of benzene rings is 1. The summed E-state index contributed by atoms with van der Waals surface area (Å²) in [5.41, 5.74) is 0.749. The van der Waals surface area contributed by atoms with Crippen LogP contribution in [0.15, 0.2) is 42.7 Å². The first-order valence-electron chi connectivity index (χ1n) is 5.29. The molecule has 0 aliphatic rings. The zero-order chi connectivity index (χ0) is 13.0. The zero-order valence-corrected chi connectivity index (χ0v) is 10.1. The van der Waals surface area contributed by atoms with Crippen LogP contribution in [0.2, 0.25) is 5.02 Å². The highest BCUT2D eigenvalue weighted by Crippen LogP contribution is 2.13. The summed E-state index contributed by atoms with van der Waals surface area (Å²) >= 11 is 5.83. The number of pyridine rings is 1. The van der Waals surface area contributed by atoms with Gasteiger partial charge in [0.2, 0.25) is 0 Å². The summed E-state index contributed by atoms with van der Waals surface area (Å²) in [5, 5.41) is 2.87. The Kier molecular flexibility index (Phi) is 3.89. The summed E-state index contributed by atoms with van der Waals surface area (Å²) in [6, 6.07) is 7.79. The van der Waals surface area contributed by atoms with Gasteiger partial charge in [-0.2, -0.15) is 0 Å². The quantitative estimate of drug-likeness (QED) is 0.926. The number of rotatable bonds is 3. The summed E-state index contributed by atoms with van der Waals surface area (Å²) in [6.07, 6.45) is 2.86. The maximum Gasteiger partial charge on any atom is 0.253 e. The summed E-state index contributed by atoms with van der Waals surface area (Å²) in [5.74, 6) is -0.704. The molecule has 0 fully saturated rings. The molecule has 0 aliphatic carbocycles. The Bertz CT molecular complexity index is 574. The van der Waals surface area contributed by atoms with Gasteiger partial charge in [-0.3, -0.25) is 9.78 Å². The molecule has 2 aromatic rings. The molecule has 0 spiro atoms. The third kappa shape index (κ3) is 2.84. The number of nitrogens with one attached hydrogen (secondary N) is 1. The number of nitrogens with zero attached hydrogens (tertiary/aromatic N) is 1. The van der Waals surface area contributed by atoms with Crippen LogP contribution in [-0.2, 0) is 6.54 Å². The van der Waals surface area contributed by atoms with Crippen molar-refractivity contribution in [3.63, 3.8) is 0 Å². The number of hydrogen-bond acceptors (Lipinski definition) is 2. The fourth-order valence-electron chi connectivity index (χ4n) is 1.47. The Labute approximate surface area is 109 Å². The number of aromatic nitrogens is 1. The van der Waals surface area contributed by atoms with Crippen molar-refractivity contribution in [3.8, 4) is 0 Å². The molecule has 1 heterocycles.